The standard InChI is InChI=1S/C40H40ClN5O3/c1-28-22-31(39(48)46(33-10-4-3-5-11-33)34-13-15-36(47)16-14-34)26-44(28)38-17-12-32(41)24-37(38)40(49)45-25-30-9-7-6-8-29(30)23-35(45)27-43-20-18-42(2)19-21-43/h3-17,22,24,26,35,47H,18-21,23,25,27H2,1-2H3/t35-/m0/s1. The minimum atomic E-state index is -0.236. The predicted octanol–water partition coefficient (Wildman–Crippen LogP) is 6.94. The molecule has 7 rings (SSSR count). The number of rotatable bonds is 7. The fourth-order valence-corrected chi connectivity index (χ4v) is 7.17. The average molecular weight is 674 g/mol. The molecule has 1 saturated heterocycles. The number of piperazine rings is 1. The number of benzene rings is 4. The van der Waals surface area contributed by atoms with Gasteiger partial charge in [0.15, 0.2) is 0 Å². The molecule has 0 unspecified atom stereocenters. The fraction of sp³-hybridized carbons (Fsp3) is 0.250. The van der Waals surface area contributed by atoms with Crippen LogP contribution in [0, 0.1) is 6.92 Å². The number of halogens is 1. The van der Waals surface area contributed by atoms with Crippen molar-refractivity contribution in [3.05, 3.63) is 142 Å². The molecule has 250 valence electrons. The van der Waals surface area contributed by atoms with E-state index in [0.717, 1.165) is 50.4 Å². The van der Waals surface area contributed by atoms with Gasteiger partial charge in [-0.05, 0) is 92.2 Å². The molecule has 0 radical (unpaired) electrons. The first-order valence-electron chi connectivity index (χ1n) is 16.7. The molecule has 3 heterocycles. The first kappa shape index (κ1) is 32.6. The van der Waals surface area contributed by atoms with Crippen LogP contribution < -0.4 is 4.90 Å². The zero-order valence-corrected chi connectivity index (χ0v) is 28.6. The number of aromatic nitrogens is 1. The van der Waals surface area contributed by atoms with E-state index in [1.54, 1.807) is 47.5 Å². The highest BCUT2D eigenvalue weighted by molar-refractivity contribution is 6.31. The number of phenols is 1. The summed E-state index contributed by atoms with van der Waals surface area (Å²) in [6.07, 6.45) is 2.58. The minimum Gasteiger partial charge on any atom is -0.508 e. The van der Waals surface area contributed by atoms with Crippen LogP contribution in [0.2, 0.25) is 5.02 Å². The Morgan fingerprint density at radius 3 is 2.24 bits per heavy atom. The molecule has 1 atom stereocenters. The van der Waals surface area contributed by atoms with E-state index in [0.29, 0.717) is 39.8 Å². The molecule has 2 amide bonds. The van der Waals surface area contributed by atoms with E-state index < -0.39 is 0 Å². The van der Waals surface area contributed by atoms with Gasteiger partial charge in [-0.3, -0.25) is 19.4 Å². The second-order valence-corrected chi connectivity index (χ2v) is 13.5. The number of para-hydroxylation sites is 1. The van der Waals surface area contributed by atoms with Crippen molar-refractivity contribution < 1.29 is 14.7 Å². The zero-order valence-electron chi connectivity index (χ0n) is 27.8. The van der Waals surface area contributed by atoms with E-state index in [2.05, 4.69) is 35.0 Å². The maximum Gasteiger partial charge on any atom is 0.264 e. The zero-order chi connectivity index (χ0) is 34.1. The molecule has 2 aliphatic rings. The molecule has 49 heavy (non-hydrogen) atoms. The number of likely N-dealkylation sites (N-methyl/N-ethyl adjacent to an activating group) is 1. The van der Waals surface area contributed by atoms with Crippen molar-refractivity contribution in [3.8, 4) is 11.4 Å². The lowest BCUT2D eigenvalue weighted by Gasteiger charge is -2.41. The molecular weight excluding hydrogens is 634 g/mol. The number of nitrogens with zero attached hydrogens (tertiary/aromatic N) is 5. The Hall–Kier alpha value is -4.89. The Kier molecular flexibility index (Phi) is 9.27. The molecule has 8 nitrogen and oxygen atoms in total. The molecular formula is C40H40ClN5O3. The Bertz CT molecular complexity index is 1970. The molecule has 9 heteroatoms. The highest BCUT2D eigenvalue weighted by atomic mass is 35.5. The molecule has 0 saturated carbocycles. The molecule has 0 bridgehead atoms. The number of aromatic hydroxyl groups is 1. The Labute approximate surface area is 292 Å². The van der Waals surface area contributed by atoms with Crippen molar-refractivity contribution in [1.82, 2.24) is 19.3 Å². The van der Waals surface area contributed by atoms with E-state index in [1.165, 1.54) is 5.56 Å². The number of hydrogen-bond acceptors (Lipinski definition) is 5. The van der Waals surface area contributed by atoms with Crippen molar-refractivity contribution >= 4 is 34.8 Å². The summed E-state index contributed by atoms with van der Waals surface area (Å²) < 4.78 is 1.91. The summed E-state index contributed by atoms with van der Waals surface area (Å²) in [5.41, 5.74) is 6.19. The maximum absolute atomic E-state index is 14.7. The van der Waals surface area contributed by atoms with Crippen molar-refractivity contribution in [2.75, 3.05) is 44.7 Å². The van der Waals surface area contributed by atoms with Crippen LogP contribution in [0.1, 0.15) is 37.5 Å². The highest BCUT2D eigenvalue weighted by Crippen LogP contribution is 2.32. The summed E-state index contributed by atoms with van der Waals surface area (Å²) in [6, 6.07) is 31.6. The van der Waals surface area contributed by atoms with Gasteiger partial charge in [0.05, 0.1) is 16.8 Å². The first-order chi connectivity index (χ1) is 23.7. The number of anilines is 2. The van der Waals surface area contributed by atoms with Crippen LogP contribution in [0.3, 0.4) is 0 Å². The minimum absolute atomic E-state index is 0.00488. The largest absolute Gasteiger partial charge is 0.508 e. The lowest BCUT2D eigenvalue weighted by molar-refractivity contribution is 0.0535. The van der Waals surface area contributed by atoms with Crippen LogP contribution in [0.5, 0.6) is 5.75 Å². The van der Waals surface area contributed by atoms with Gasteiger partial charge >= 0.3 is 0 Å². The van der Waals surface area contributed by atoms with Gasteiger partial charge in [-0.25, -0.2) is 0 Å². The quantitative estimate of drug-likeness (QED) is 0.203. The Morgan fingerprint density at radius 2 is 1.51 bits per heavy atom. The van der Waals surface area contributed by atoms with Gasteiger partial charge in [-0.15, -0.1) is 0 Å². The number of carbonyl (C=O) groups excluding carboxylic acids is 2. The predicted molar refractivity (Wildman–Crippen MR) is 194 cm³/mol. The van der Waals surface area contributed by atoms with Gasteiger partial charge in [0.25, 0.3) is 11.8 Å². The van der Waals surface area contributed by atoms with Gasteiger partial charge < -0.3 is 19.5 Å². The smallest absolute Gasteiger partial charge is 0.264 e. The maximum atomic E-state index is 14.7. The second-order valence-electron chi connectivity index (χ2n) is 13.1. The summed E-state index contributed by atoms with van der Waals surface area (Å²) in [7, 11) is 2.15. The van der Waals surface area contributed by atoms with E-state index >= 15 is 0 Å². The van der Waals surface area contributed by atoms with Crippen LogP contribution in [0.4, 0.5) is 11.4 Å². The van der Waals surface area contributed by atoms with E-state index in [9.17, 15) is 14.7 Å². The topological polar surface area (TPSA) is 72.3 Å². The van der Waals surface area contributed by atoms with Gasteiger partial charge in [0.1, 0.15) is 5.75 Å². The lowest BCUT2D eigenvalue weighted by Crippen LogP contribution is -2.53. The summed E-state index contributed by atoms with van der Waals surface area (Å²) >= 11 is 6.59. The molecule has 4 aromatic carbocycles. The van der Waals surface area contributed by atoms with Crippen LogP contribution in [0.15, 0.2) is 109 Å². The summed E-state index contributed by atoms with van der Waals surface area (Å²) in [5, 5.41) is 10.4. The number of hydrogen-bond donors (Lipinski definition) is 1. The molecule has 0 spiro atoms. The average Bonchev–Trinajstić information content (AvgIpc) is 3.51. The summed E-state index contributed by atoms with van der Waals surface area (Å²) in [6.45, 7) is 7.23. The molecule has 1 N–H and O–H groups in total. The van der Waals surface area contributed by atoms with Crippen LogP contribution in [-0.4, -0.2) is 82.0 Å². The number of amides is 2. The molecule has 0 aliphatic carbocycles. The number of fused-ring (bicyclic) bond motifs is 1. The second kappa shape index (κ2) is 13.9. The van der Waals surface area contributed by atoms with Crippen molar-refractivity contribution in [3.63, 3.8) is 0 Å². The molecule has 1 fully saturated rings. The fourth-order valence-electron chi connectivity index (χ4n) is 7.00. The van der Waals surface area contributed by atoms with Crippen molar-refractivity contribution in [2.24, 2.45) is 0 Å². The third-order valence-electron chi connectivity index (χ3n) is 9.71. The van der Waals surface area contributed by atoms with E-state index in [4.69, 9.17) is 11.6 Å². The van der Waals surface area contributed by atoms with Crippen LogP contribution in [-0.2, 0) is 13.0 Å². The number of aryl methyl sites for hydroxylation is 1. The molecule has 2 aliphatic heterocycles. The third kappa shape index (κ3) is 6.85. The Balaban J connectivity index is 1.24. The molecule has 5 aromatic rings. The third-order valence-corrected chi connectivity index (χ3v) is 9.95. The normalized spacial score (nSPS) is 16.7. The monoisotopic (exact) mass is 673 g/mol. The SMILES string of the molecule is Cc1cc(C(=O)N(c2ccccc2)c2ccc(O)cc2)cn1-c1ccc(Cl)cc1C(=O)N1Cc2ccccc2C[C@H]1CN1CCN(C)CC1. The number of carbonyl (C=O) groups is 2. The first-order valence-corrected chi connectivity index (χ1v) is 17.1. The van der Waals surface area contributed by atoms with E-state index in [1.807, 2.05) is 64.9 Å². The number of phenolic OH excluding ortho intramolecular Hbond substituents is 1. The van der Waals surface area contributed by atoms with Crippen LogP contribution in [0.25, 0.3) is 5.69 Å². The highest BCUT2D eigenvalue weighted by Gasteiger charge is 2.34. The van der Waals surface area contributed by atoms with E-state index in [-0.39, 0.29) is 23.6 Å². The van der Waals surface area contributed by atoms with Crippen molar-refractivity contribution in [2.45, 2.75) is 25.9 Å². The lowest BCUT2D eigenvalue weighted by atomic mass is 9.92. The van der Waals surface area contributed by atoms with Gasteiger partial charge in [0.2, 0.25) is 0 Å². The summed E-state index contributed by atoms with van der Waals surface area (Å²) in [4.78, 5) is 37.5. The Morgan fingerprint density at radius 1 is 0.837 bits per heavy atom. The summed E-state index contributed by atoms with van der Waals surface area (Å²) in [5.74, 6) is -0.198. The van der Waals surface area contributed by atoms with Crippen LogP contribution >= 0.6 is 11.6 Å². The van der Waals surface area contributed by atoms with Crippen molar-refractivity contribution in [1.29, 1.82) is 0 Å². The van der Waals surface area contributed by atoms with Gasteiger partial charge in [-0.1, -0.05) is 54.1 Å². The molecule has 1 aromatic heterocycles. The van der Waals surface area contributed by atoms with Gasteiger partial charge in [0, 0.05) is 73.6 Å². The van der Waals surface area contributed by atoms with Gasteiger partial charge in [-0.2, -0.15) is 0 Å².